The minimum Gasteiger partial charge on any atom is -0.449 e. The van der Waals surface area contributed by atoms with Gasteiger partial charge in [0.05, 0.1) is 5.56 Å². The Balaban J connectivity index is 2.03. The minimum absolute atomic E-state index is 0.138. The van der Waals surface area contributed by atoms with Gasteiger partial charge < -0.3 is 10.1 Å². The molecule has 2 aromatic rings. The van der Waals surface area contributed by atoms with Crippen LogP contribution in [0.25, 0.3) is 0 Å². The predicted octanol–water partition coefficient (Wildman–Crippen LogP) is 3.97. The molecule has 0 heterocycles. The molecule has 0 aliphatic carbocycles. The smallest absolute Gasteiger partial charge is 0.341 e. The van der Waals surface area contributed by atoms with E-state index in [1.807, 2.05) is 0 Å². The summed E-state index contributed by atoms with van der Waals surface area (Å²) < 4.78 is 19.2. The normalized spacial score (nSPS) is 11.5. The Hall–Kier alpha value is -2.54. The number of nitrogens with one attached hydrogen (secondary N) is 1. The van der Waals surface area contributed by atoms with Crippen molar-refractivity contribution in [3.63, 3.8) is 0 Å². The number of Topliss-reactive ketones (excluding diaryl/α,β-unsaturated/α-hetero) is 1. The second-order valence-electron chi connectivity index (χ2n) is 5.30. The molecular weight excluding hydrogens is 393 g/mol. The van der Waals surface area contributed by atoms with E-state index in [0.29, 0.717) is 15.7 Å². The molecule has 0 bridgehead atoms. The lowest BCUT2D eigenvalue weighted by molar-refractivity contribution is -0.123. The highest BCUT2D eigenvalue weighted by atomic mass is 79.9. The summed E-state index contributed by atoms with van der Waals surface area (Å²) in [6.07, 6.45) is -1.14. The number of carbonyl (C=O) groups excluding carboxylic acids is 3. The van der Waals surface area contributed by atoms with Crippen LogP contribution in [0.15, 0.2) is 46.9 Å². The first-order chi connectivity index (χ1) is 11.8. The molecule has 5 nitrogen and oxygen atoms in total. The zero-order valence-corrected chi connectivity index (χ0v) is 15.1. The van der Waals surface area contributed by atoms with Gasteiger partial charge in [-0.3, -0.25) is 9.59 Å². The fourth-order valence-electron chi connectivity index (χ4n) is 1.99. The van der Waals surface area contributed by atoms with Crippen LogP contribution in [0, 0.1) is 5.82 Å². The van der Waals surface area contributed by atoms with E-state index in [2.05, 4.69) is 21.2 Å². The van der Waals surface area contributed by atoms with Gasteiger partial charge in [-0.25, -0.2) is 9.18 Å². The van der Waals surface area contributed by atoms with E-state index in [9.17, 15) is 18.8 Å². The van der Waals surface area contributed by atoms with Gasteiger partial charge in [0.25, 0.3) is 5.91 Å². The first-order valence-corrected chi connectivity index (χ1v) is 8.15. The minimum atomic E-state index is -1.14. The maximum absolute atomic E-state index is 13.8. The lowest BCUT2D eigenvalue weighted by Crippen LogP contribution is -2.30. The van der Waals surface area contributed by atoms with Crippen molar-refractivity contribution in [2.24, 2.45) is 0 Å². The summed E-state index contributed by atoms with van der Waals surface area (Å²) in [5.41, 5.74) is 0.580. The third-order valence-electron chi connectivity index (χ3n) is 3.34. The van der Waals surface area contributed by atoms with Crippen molar-refractivity contribution in [2.75, 3.05) is 5.32 Å². The van der Waals surface area contributed by atoms with Crippen molar-refractivity contribution in [3.05, 3.63) is 63.9 Å². The molecule has 0 fully saturated rings. The van der Waals surface area contributed by atoms with Gasteiger partial charge in [0.2, 0.25) is 0 Å². The monoisotopic (exact) mass is 407 g/mol. The standard InChI is InChI=1S/C18H15BrFNO4/c1-10(22)12-4-3-5-14(8-12)21-17(23)11(2)25-18(24)15-7-6-13(19)9-16(15)20/h3-9,11H,1-2H3,(H,21,23)/t11-/m0/s1. The van der Waals surface area contributed by atoms with Crippen LogP contribution < -0.4 is 5.32 Å². The molecule has 130 valence electrons. The molecule has 7 heteroatoms. The number of ketones is 1. The molecule has 0 aliphatic rings. The van der Waals surface area contributed by atoms with Crippen molar-refractivity contribution >= 4 is 39.3 Å². The van der Waals surface area contributed by atoms with Crippen LogP contribution in [-0.2, 0) is 9.53 Å². The van der Waals surface area contributed by atoms with Crippen molar-refractivity contribution in [1.29, 1.82) is 0 Å². The van der Waals surface area contributed by atoms with E-state index in [4.69, 9.17) is 4.74 Å². The lowest BCUT2D eigenvalue weighted by Gasteiger charge is -2.14. The Bertz CT molecular complexity index is 838. The Kier molecular flexibility index (Phi) is 6.03. The van der Waals surface area contributed by atoms with Gasteiger partial charge in [0.15, 0.2) is 11.9 Å². The quantitative estimate of drug-likeness (QED) is 0.600. The number of hydrogen-bond acceptors (Lipinski definition) is 4. The van der Waals surface area contributed by atoms with E-state index in [-0.39, 0.29) is 11.3 Å². The largest absolute Gasteiger partial charge is 0.449 e. The molecule has 0 saturated heterocycles. The van der Waals surface area contributed by atoms with Crippen molar-refractivity contribution in [1.82, 2.24) is 0 Å². The van der Waals surface area contributed by atoms with Crippen LogP contribution in [0.3, 0.4) is 0 Å². The molecule has 25 heavy (non-hydrogen) atoms. The van der Waals surface area contributed by atoms with Gasteiger partial charge in [-0.2, -0.15) is 0 Å². The van der Waals surface area contributed by atoms with E-state index in [1.165, 1.54) is 32.0 Å². The average molecular weight is 408 g/mol. The van der Waals surface area contributed by atoms with Crippen LogP contribution in [-0.4, -0.2) is 23.8 Å². The molecule has 0 aromatic heterocycles. The second kappa shape index (κ2) is 8.02. The molecule has 0 aliphatic heterocycles. The van der Waals surface area contributed by atoms with E-state index >= 15 is 0 Å². The van der Waals surface area contributed by atoms with Crippen molar-refractivity contribution < 1.29 is 23.5 Å². The highest BCUT2D eigenvalue weighted by molar-refractivity contribution is 9.10. The molecule has 1 atom stereocenters. The predicted molar refractivity (Wildman–Crippen MR) is 94.1 cm³/mol. The number of rotatable bonds is 5. The van der Waals surface area contributed by atoms with Gasteiger partial charge >= 0.3 is 5.97 Å². The van der Waals surface area contributed by atoms with E-state index in [1.54, 1.807) is 18.2 Å². The summed E-state index contributed by atoms with van der Waals surface area (Å²) in [5.74, 6) is -2.42. The summed E-state index contributed by atoms with van der Waals surface area (Å²) in [4.78, 5) is 35.5. The number of amides is 1. The number of esters is 1. The summed E-state index contributed by atoms with van der Waals surface area (Å²) in [5, 5.41) is 2.55. The number of ether oxygens (including phenoxy) is 1. The fourth-order valence-corrected chi connectivity index (χ4v) is 2.33. The number of carbonyl (C=O) groups is 3. The molecule has 2 aromatic carbocycles. The molecule has 0 radical (unpaired) electrons. The fraction of sp³-hybridized carbons (Fsp3) is 0.167. The first-order valence-electron chi connectivity index (χ1n) is 7.36. The molecule has 2 rings (SSSR count). The van der Waals surface area contributed by atoms with Gasteiger partial charge in [0, 0.05) is 15.7 Å². The van der Waals surface area contributed by atoms with Crippen molar-refractivity contribution in [3.8, 4) is 0 Å². The van der Waals surface area contributed by atoms with E-state index in [0.717, 1.165) is 6.07 Å². The maximum atomic E-state index is 13.8. The van der Waals surface area contributed by atoms with Crippen LogP contribution in [0.2, 0.25) is 0 Å². The summed E-state index contributed by atoms with van der Waals surface area (Å²) in [7, 11) is 0. The summed E-state index contributed by atoms with van der Waals surface area (Å²) in [6, 6.07) is 10.3. The van der Waals surface area contributed by atoms with Crippen LogP contribution in [0.1, 0.15) is 34.6 Å². The second-order valence-corrected chi connectivity index (χ2v) is 6.21. The zero-order valence-electron chi connectivity index (χ0n) is 13.5. The van der Waals surface area contributed by atoms with Gasteiger partial charge in [-0.15, -0.1) is 0 Å². The van der Waals surface area contributed by atoms with Gasteiger partial charge in [-0.1, -0.05) is 28.1 Å². The molecule has 0 saturated carbocycles. The Labute approximate surface area is 152 Å². The number of benzene rings is 2. The number of halogens is 2. The maximum Gasteiger partial charge on any atom is 0.341 e. The van der Waals surface area contributed by atoms with Crippen molar-refractivity contribution in [2.45, 2.75) is 20.0 Å². The third-order valence-corrected chi connectivity index (χ3v) is 3.83. The lowest BCUT2D eigenvalue weighted by atomic mass is 10.1. The number of hydrogen-bond donors (Lipinski definition) is 1. The summed E-state index contributed by atoms with van der Waals surface area (Å²) in [6.45, 7) is 2.79. The SMILES string of the molecule is CC(=O)c1cccc(NC(=O)[C@H](C)OC(=O)c2ccc(Br)cc2F)c1. The van der Waals surface area contributed by atoms with Gasteiger partial charge in [0.1, 0.15) is 5.82 Å². The molecular formula is C18H15BrFNO4. The van der Waals surface area contributed by atoms with Crippen LogP contribution in [0.4, 0.5) is 10.1 Å². The van der Waals surface area contributed by atoms with Crippen LogP contribution in [0.5, 0.6) is 0 Å². The third kappa shape index (κ3) is 4.96. The van der Waals surface area contributed by atoms with E-state index < -0.39 is 23.8 Å². The number of anilines is 1. The average Bonchev–Trinajstić information content (AvgIpc) is 2.54. The van der Waals surface area contributed by atoms with Gasteiger partial charge in [-0.05, 0) is 44.2 Å². The Morgan fingerprint density at radius 3 is 2.52 bits per heavy atom. The summed E-state index contributed by atoms with van der Waals surface area (Å²) >= 11 is 3.09. The zero-order chi connectivity index (χ0) is 18.6. The first kappa shape index (κ1) is 18.8. The molecule has 0 spiro atoms. The van der Waals surface area contributed by atoms with Crippen LogP contribution >= 0.6 is 15.9 Å². The highest BCUT2D eigenvalue weighted by Gasteiger charge is 2.21. The molecule has 0 unspecified atom stereocenters. The highest BCUT2D eigenvalue weighted by Crippen LogP contribution is 2.17. The molecule has 1 amide bonds. The Morgan fingerprint density at radius 2 is 1.88 bits per heavy atom. The topological polar surface area (TPSA) is 72.5 Å². The molecule has 1 N–H and O–H groups in total. The Morgan fingerprint density at radius 1 is 1.16 bits per heavy atom.